The van der Waals surface area contributed by atoms with E-state index in [1.54, 1.807) is 0 Å². The molecule has 146 valence electrons. The van der Waals surface area contributed by atoms with Gasteiger partial charge in [0.2, 0.25) is 0 Å². The zero-order valence-corrected chi connectivity index (χ0v) is 20.2. The first-order valence-electron chi connectivity index (χ1n) is 10.1. The van der Waals surface area contributed by atoms with Crippen molar-refractivity contribution in [1.82, 2.24) is 0 Å². The fourth-order valence-electron chi connectivity index (χ4n) is 3.17. The maximum atomic E-state index is 5.23. The van der Waals surface area contributed by atoms with Crippen LogP contribution in [0.3, 0.4) is 0 Å². The van der Waals surface area contributed by atoms with Crippen LogP contribution in [0, 0.1) is 0 Å². The van der Waals surface area contributed by atoms with Crippen LogP contribution in [0.4, 0.5) is 5.69 Å². The number of hydrogen-bond donors (Lipinski definition) is 0. The van der Waals surface area contributed by atoms with Gasteiger partial charge in [-0.2, -0.15) is 0 Å². The van der Waals surface area contributed by atoms with Crippen molar-refractivity contribution >= 4 is 10.1 Å². The first-order valence-corrected chi connectivity index (χ1v) is 12.1. The van der Waals surface area contributed by atoms with Crippen molar-refractivity contribution in [3.63, 3.8) is 0 Å². The summed E-state index contributed by atoms with van der Waals surface area (Å²) in [7, 11) is 0. The molecule has 0 saturated heterocycles. The van der Waals surface area contributed by atoms with Gasteiger partial charge in [0.05, 0.1) is 0 Å². The summed E-state index contributed by atoms with van der Waals surface area (Å²) in [5, 5.41) is 0. The van der Waals surface area contributed by atoms with E-state index in [0.29, 0.717) is 17.8 Å². The summed E-state index contributed by atoms with van der Waals surface area (Å²) < 4.78 is 7.70. The molecule has 0 spiro atoms. The fourth-order valence-corrected chi connectivity index (χ4v) is 5.06. The fraction of sp³-hybridized carbons (Fsp3) is 0.480. The minimum absolute atomic E-state index is 0.0703. The van der Waals surface area contributed by atoms with Crippen LogP contribution >= 0.6 is 0 Å². The molecular formula is C25H35MoN. The maximum absolute atomic E-state index is 5.23. The van der Waals surface area contributed by atoms with Crippen molar-refractivity contribution in [3.05, 3.63) is 64.7 Å². The normalized spacial score (nSPS) is 12.0. The molecule has 0 heterocycles. The van der Waals surface area contributed by atoms with Crippen molar-refractivity contribution in [2.45, 2.75) is 78.6 Å². The zero-order valence-electron chi connectivity index (χ0n) is 18.2. The van der Waals surface area contributed by atoms with Crippen molar-refractivity contribution in [2.24, 2.45) is 3.50 Å². The molecule has 0 amide bonds. The van der Waals surface area contributed by atoms with E-state index in [2.05, 4.69) is 102 Å². The van der Waals surface area contributed by atoms with E-state index in [4.69, 9.17) is 3.50 Å². The van der Waals surface area contributed by atoms with Gasteiger partial charge in [-0.3, -0.25) is 0 Å². The van der Waals surface area contributed by atoms with Crippen LogP contribution in [0.2, 0.25) is 0 Å². The average Bonchev–Trinajstić information content (AvgIpc) is 2.61. The molecule has 0 aliphatic heterocycles. The Labute approximate surface area is 174 Å². The van der Waals surface area contributed by atoms with Crippen molar-refractivity contribution in [2.75, 3.05) is 0 Å². The number of benzene rings is 2. The van der Waals surface area contributed by atoms with E-state index in [0.717, 1.165) is 0 Å². The Hall–Kier alpha value is -1.20. The van der Waals surface area contributed by atoms with Gasteiger partial charge >= 0.3 is 175 Å². The summed E-state index contributed by atoms with van der Waals surface area (Å²) in [4.78, 5) is 0. The second-order valence-corrected chi connectivity index (χ2v) is 10.5. The molecule has 0 saturated carbocycles. The molecule has 0 fully saturated rings. The summed E-state index contributed by atoms with van der Waals surface area (Å²) in [6.45, 7) is 18.3. The molecule has 2 aromatic carbocycles. The molecule has 0 aromatic heterocycles. The third-order valence-electron chi connectivity index (χ3n) is 5.11. The van der Waals surface area contributed by atoms with E-state index in [1.165, 1.54) is 27.9 Å². The molecule has 2 heteroatoms. The first kappa shape index (κ1) is 22.1. The summed E-state index contributed by atoms with van der Waals surface area (Å²) in [6, 6.07) is 15.6. The van der Waals surface area contributed by atoms with Crippen LogP contribution in [0.1, 0.15) is 95.4 Å². The second-order valence-electron chi connectivity index (χ2n) is 8.91. The molecule has 0 radical (unpaired) electrons. The van der Waals surface area contributed by atoms with Gasteiger partial charge in [-0.25, -0.2) is 0 Å². The van der Waals surface area contributed by atoms with Crippen molar-refractivity contribution in [1.29, 1.82) is 0 Å². The van der Waals surface area contributed by atoms with Gasteiger partial charge in [0.15, 0.2) is 0 Å². The van der Waals surface area contributed by atoms with Crippen molar-refractivity contribution < 1.29 is 17.9 Å². The van der Waals surface area contributed by atoms with Crippen LogP contribution in [-0.4, -0.2) is 4.40 Å². The minimum atomic E-state index is -0.583. The molecule has 0 bridgehead atoms. The van der Waals surface area contributed by atoms with E-state index < -0.39 is 17.9 Å². The molecule has 0 aliphatic carbocycles. The monoisotopic (exact) mass is 447 g/mol. The molecule has 0 unspecified atom stereocenters. The molecular weight excluding hydrogens is 410 g/mol. The topological polar surface area (TPSA) is 12.4 Å². The van der Waals surface area contributed by atoms with Gasteiger partial charge in [-0.05, 0) is 0 Å². The summed E-state index contributed by atoms with van der Waals surface area (Å²) >= 11 is -0.583. The summed E-state index contributed by atoms with van der Waals surface area (Å²) in [5.74, 6) is 1.54. The predicted molar refractivity (Wildman–Crippen MR) is 116 cm³/mol. The Bertz CT molecular complexity index is 794. The molecule has 2 aromatic rings. The quantitative estimate of drug-likeness (QED) is 0.403. The van der Waals surface area contributed by atoms with Gasteiger partial charge in [0.25, 0.3) is 0 Å². The van der Waals surface area contributed by atoms with Crippen LogP contribution in [-0.2, 0) is 23.3 Å². The Morgan fingerprint density at radius 2 is 1.33 bits per heavy atom. The third-order valence-corrected chi connectivity index (χ3v) is 7.53. The Morgan fingerprint density at radius 3 is 1.78 bits per heavy atom. The van der Waals surface area contributed by atoms with Gasteiger partial charge in [0, 0.05) is 0 Å². The standard InChI is InChI=1S/C15H23N.C10H12.Mo/c1-9(2)12-7-13(10(3)4)15(16)14(8-12)11(5)6;1-10(2,3)9-7-5-4-6-8-9;/h7-11H,1-6H3;1,4-8H,2-3H3;. The van der Waals surface area contributed by atoms with Gasteiger partial charge < -0.3 is 0 Å². The van der Waals surface area contributed by atoms with Crippen LogP contribution in [0.5, 0.6) is 0 Å². The molecule has 27 heavy (non-hydrogen) atoms. The molecule has 0 aliphatic rings. The summed E-state index contributed by atoms with van der Waals surface area (Å²) in [6.07, 6.45) is 0. The Kier molecular flexibility index (Phi) is 7.63. The van der Waals surface area contributed by atoms with E-state index >= 15 is 0 Å². The summed E-state index contributed by atoms with van der Waals surface area (Å²) in [5.41, 5.74) is 6.99. The van der Waals surface area contributed by atoms with E-state index in [9.17, 15) is 0 Å². The second kappa shape index (κ2) is 9.33. The SMILES string of the molecule is CC(C)c1cc(C(C)C)c([N]=[Mo]=[CH]C(C)(C)c2ccccc2)c(C(C)C)c1. The number of hydrogen-bond acceptors (Lipinski definition) is 1. The molecule has 0 atom stereocenters. The van der Waals surface area contributed by atoms with Gasteiger partial charge in [0.1, 0.15) is 0 Å². The van der Waals surface area contributed by atoms with Crippen LogP contribution in [0.15, 0.2) is 46.0 Å². The number of nitrogens with zero attached hydrogens (tertiary/aromatic N) is 1. The van der Waals surface area contributed by atoms with Gasteiger partial charge in [-0.1, -0.05) is 0 Å². The Morgan fingerprint density at radius 1 is 0.815 bits per heavy atom. The van der Waals surface area contributed by atoms with Crippen LogP contribution < -0.4 is 0 Å². The van der Waals surface area contributed by atoms with E-state index in [-0.39, 0.29) is 5.41 Å². The Balaban J connectivity index is 2.55. The predicted octanol–water partition coefficient (Wildman–Crippen LogP) is 7.73. The van der Waals surface area contributed by atoms with Crippen LogP contribution in [0.25, 0.3) is 0 Å². The molecule has 0 N–H and O–H groups in total. The first-order chi connectivity index (χ1) is 12.6. The number of rotatable bonds is 6. The average molecular weight is 446 g/mol. The molecule has 2 rings (SSSR count). The molecule has 1 nitrogen and oxygen atoms in total. The van der Waals surface area contributed by atoms with Crippen molar-refractivity contribution in [3.8, 4) is 0 Å². The zero-order chi connectivity index (χ0) is 20.2. The van der Waals surface area contributed by atoms with E-state index in [1.807, 2.05) is 0 Å². The van der Waals surface area contributed by atoms with Gasteiger partial charge in [-0.15, -0.1) is 0 Å². The third kappa shape index (κ3) is 5.64.